The minimum Gasteiger partial charge on any atom is -0.309 e. The van der Waals surface area contributed by atoms with Crippen molar-refractivity contribution in [3.05, 3.63) is 202 Å². The highest BCUT2D eigenvalue weighted by Gasteiger charge is 2.21. The van der Waals surface area contributed by atoms with Crippen LogP contribution in [0, 0.1) is 69.2 Å². The van der Waals surface area contributed by atoms with E-state index >= 15 is 0 Å². The first-order valence-corrected chi connectivity index (χ1v) is 23.2. The molecule has 0 bridgehead atoms. The summed E-state index contributed by atoms with van der Waals surface area (Å²) in [5.41, 5.74) is 27.6. The van der Waals surface area contributed by atoms with Crippen LogP contribution in [0.1, 0.15) is 69.5 Å². The average molecular weight is 861 g/mol. The second kappa shape index (κ2) is 17.6. The van der Waals surface area contributed by atoms with E-state index in [2.05, 4.69) is 185 Å². The van der Waals surface area contributed by atoms with Crippen molar-refractivity contribution >= 4 is 43.6 Å². The number of hydrogen-bond donors (Lipinski definition) is 0. The zero-order chi connectivity index (χ0) is 46.6. The van der Waals surface area contributed by atoms with Gasteiger partial charge in [-0.3, -0.25) is 9.97 Å². The summed E-state index contributed by atoms with van der Waals surface area (Å²) in [6, 6.07) is 36.8. The van der Waals surface area contributed by atoms with Gasteiger partial charge in [0.1, 0.15) is 0 Å². The highest BCUT2D eigenvalue weighted by atomic mass is 15.0. The first-order valence-electron chi connectivity index (χ1n) is 23.2. The van der Waals surface area contributed by atoms with Gasteiger partial charge in [-0.05, 0) is 222 Å². The number of fused-ring (bicyclic) bond motifs is 6. The van der Waals surface area contributed by atoms with Gasteiger partial charge in [0.25, 0.3) is 0 Å². The van der Waals surface area contributed by atoms with Gasteiger partial charge in [-0.15, -0.1) is 0 Å². The molecule has 0 unspecified atom stereocenters. The summed E-state index contributed by atoms with van der Waals surface area (Å²) in [4.78, 5) is 9.19. The summed E-state index contributed by atoms with van der Waals surface area (Å²) in [6.45, 7) is 26.3. The first kappa shape index (κ1) is 43.9. The molecule has 0 fully saturated rings. The van der Waals surface area contributed by atoms with Gasteiger partial charge in [0.2, 0.25) is 0 Å². The molecule has 4 heteroatoms. The Kier molecular flexibility index (Phi) is 11.7. The Morgan fingerprint density at radius 3 is 1.00 bits per heavy atom. The van der Waals surface area contributed by atoms with Crippen molar-refractivity contribution in [3.63, 3.8) is 0 Å². The van der Waals surface area contributed by atoms with Crippen LogP contribution < -0.4 is 0 Å². The quantitative estimate of drug-likeness (QED) is 0.156. The molecule has 10 aromatic rings. The van der Waals surface area contributed by atoms with E-state index in [0.717, 1.165) is 33.2 Å². The molecule has 0 saturated heterocycles. The number of aryl methyl sites for hydroxylation is 10. The van der Waals surface area contributed by atoms with Crippen LogP contribution in [0.5, 0.6) is 0 Å². The average Bonchev–Trinajstić information content (AvgIpc) is 3.78. The van der Waals surface area contributed by atoms with Crippen molar-refractivity contribution in [3.8, 4) is 44.8 Å². The van der Waals surface area contributed by atoms with E-state index in [0.29, 0.717) is 0 Å². The van der Waals surface area contributed by atoms with Crippen LogP contribution in [0.25, 0.3) is 88.4 Å². The Bertz CT molecular complexity index is 3270. The molecule has 0 radical (unpaired) electrons. The van der Waals surface area contributed by atoms with Crippen LogP contribution in [0.15, 0.2) is 146 Å². The zero-order valence-corrected chi connectivity index (χ0v) is 40.6. The van der Waals surface area contributed by atoms with Crippen LogP contribution in [0.3, 0.4) is 0 Å². The van der Waals surface area contributed by atoms with Gasteiger partial charge in [0.05, 0.1) is 22.1 Å². The molecule has 0 N–H and O–H groups in total. The van der Waals surface area contributed by atoms with E-state index in [-0.39, 0.29) is 0 Å². The van der Waals surface area contributed by atoms with Crippen LogP contribution in [0.4, 0.5) is 0 Å². The number of nitrogens with zero attached hydrogens (tertiary/aromatic N) is 4. The van der Waals surface area contributed by atoms with E-state index in [4.69, 9.17) is 0 Å². The molecule has 4 heterocycles. The Hall–Kier alpha value is -7.30. The van der Waals surface area contributed by atoms with Gasteiger partial charge in [-0.25, -0.2) is 0 Å². The molecule has 10 rings (SSSR count). The van der Waals surface area contributed by atoms with E-state index in [1.54, 1.807) is 0 Å². The molecule has 0 amide bonds. The molecule has 66 heavy (non-hydrogen) atoms. The SMILES string of the molecule is C/C=C\C=C/C.Cc1cc(C)c(-c2ccc3c(c2)c2cnccc2n3-c2cc(C)c(-c3c(C)cc(-n4c5ccncc5c5cc(-c6c(C)cc(C)cc6C)ccc54)cc3C)c(C)c2)c(C)c1. The molecule has 0 saturated carbocycles. The summed E-state index contributed by atoms with van der Waals surface area (Å²) in [5.74, 6) is 0. The molecule has 0 atom stereocenters. The summed E-state index contributed by atoms with van der Waals surface area (Å²) in [7, 11) is 0. The lowest BCUT2D eigenvalue weighted by atomic mass is 9.88. The molecule has 4 nitrogen and oxygen atoms in total. The molecule has 0 aliphatic carbocycles. The molecular formula is C62H60N4. The molecule has 0 spiro atoms. The molecule has 328 valence electrons. The third-order valence-corrected chi connectivity index (χ3v) is 13.4. The third-order valence-electron chi connectivity index (χ3n) is 13.4. The highest BCUT2D eigenvalue weighted by Crippen LogP contribution is 2.42. The monoisotopic (exact) mass is 860 g/mol. The second-order valence-electron chi connectivity index (χ2n) is 18.4. The van der Waals surface area contributed by atoms with E-state index in [1.807, 2.05) is 62.9 Å². The molecule has 0 aliphatic rings. The summed E-state index contributed by atoms with van der Waals surface area (Å²) in [6.07, 6.45) is 15.9. The maximum Gasteiger partial charge on any atom is 0.0571 e. The van der Waals surface area contributed by atoms with Crippen molar-refractivity contribution in [2.45, 2.75) is 83.1 Å². The fourth-order valence-electron chi connectivity index (χ4n) is 11.0. The largest absolute Gasteiger partial charge is 0.309 e. The van der Waals surface area contributed by atoms with Crippen molar-refractivity contribution in [1.29, 1.82) is 0 Å². The van der Waals surface area contributed by atoms with Crippen molar-refractivity contribution in [1.82, 2.24) is 19.1 Å². The highest BCUT2D eigenvalue weighted by molar-refractivity contribution is 6.11. The topological polar surface area (TPSA) is 35.6 Å². The number of allylic oxidation sites excluding steroid dienone is 4. The molecule has 0 aliphatic heterocycles. The Morgan fingerprint density at radius 2 is 0.667 bits per heavy atom. The van der Waals surface area contributed by atoms with Gasteiger partial charge in [0, 0.05) is 57.7 Å². The van der Waals surface area contributed by atoms with Crippen LogP contribution in [0.2, 0.25) is 0 Å². The number of benzene rings is 6. The number of rotatable bonds is 6. The normalized spacial score (nSPS) is 11.8. The lowest BCUT2D eigenvalue weighted by Crippen LogP contribution is -2.02. The number of hydrogen-bond acceptors (Lipinski definition) is 2. The van der Waals surface area contributed by atoms with Gasteiger partial charge < -0.3 is 9.13 Å². The Labute approximate surface area is 390 Å². The van der Waals surface area contributed by atoms with Crippen molar-refractivity contribution in [2.24, 2.45) is 0 Å². The smallest absolute Gasteiger partial charge is 0.0571 e. The summed E-state index contributed by atoms with van der Waals surface area (Å²) < 4.78 is 4.84. The minimum absolute atomic E-state index is 1.16. The van der Waals surface area contributed by atoms with Crippen LogP contribution >= 0.6 is 0 Å². The predicted molar refractivity (Wildman–Crippen MR) is 284 cm³/mol. The number of aromatic nitrogens is 4. The third kappa shape index (κ3) is 7.64. The predicted octanol–water partition coefficient (Wildman–Crippen LogP) is 16.9. The van der Waals surface area contributed by atoms with Crippen molar-refractivity contribution < 1.29 is 0 Å². The Balaban J connectivity index is 0.000000857. The van der Waals surface area contributed by atoms with E-state index in [9.17, 15) is 0 Å². The van der Waals surface area contributed by atoms with Gasteiger partial charge in [0.15, 0.2) is 0 Å². The maximum atomic E-state index is 4.59. The number of pyridine rings is 2. The van der Waals surface area contributed by atoms with Crippen LogP contribution in [-0.2, 0) is 0 Å². The van der Waals surface area contributed by atoms with Gasteiger partial charge >= 0.3 is 0 Å². The molecular weight excluding hydrogens is 801 g/mol. The minimum atomic E-state index is 1.16. The van der Waals surface area contributed by atoms with Gasteiger partial charge in [-0.2, -0.15) is 0 Å². The van der Waals surface area contributed by atoms with E-state index in [1.165, 1.54) is 111 Å². The molecule has 6 aromatic carbocycles. The summed E-state index contributed by atoms with van der Waals surface area (Å²) >= 11 is 0. The maximum absolute atomic E-state index is 4.59. The van der Waals surface area contributed by atoms with Crippen LogP contribution in [-0.4, -0.2) is 19.1 Å². The lowest BCUT2D eigenvalue weighted by Gasteiger charge is -2.20. The zero-order valence-electron chi connectivity index (χ0n) is 40.6. The fraction of sp³-hybridized carbons (Fsp3) is 0.194. The summed E-state index contributed by atoms with van der Waals surface area (Å²) in [5, 5.41) is 4.76. The second-order valence-corrected chi connectivity index (χ2v) is 18.4. The van der Waals surface area contributed by atoms with Crippen molar-refractivity contribution in [2.75, 3.05) is 0 Å². The lowest BCUT2D eigenvalue weighted by molar-refractivity contribution is 1.14. The van der Waals surface area contributed by atoms with E-state index < -0.39 is 0 Å². The fourth-order valence-corrected chi connectivity index (χ4v) is 11.0. The first-order chi connectivity index (χ1) is 31.8. The standard InChI is InChI=1S/C56H50N4.C6H10/c1-31-19-33(3)53(34(4)20-31)41-11-13-49-45(27-41)47-29-57-17-15-51(47)59(49)43-23-37(7)55(38(8)24-43)56-39(9)25-44(26-40(56)10)60-50-14-12-42(54-35(5)21-32(2)22-36(54)6)28-46(50)48-30-58-18-16-52(48)60;1-3-5-6-4-2/h11-30H,1-10H3;3-6H,1-2H3/b;5-3-,6-4-. The Morgan fingerprint density at radius 1 is 0.348 bits per heavy atom. The van der Waals surface area contributed by atoms with Gasteiger partial charge in [-0.1, -0.05) is 71.8 Å². The molecule has 4 aromatic heterocycles.